The molecule has 0 atom stereocenters. The van der Waals surface area contributed by atoms with E-state index >= 15 is 0 Å². The Morgan fingerprint density at radius 3 is 2.17 bits per heavy atom. The van der Waals surface area contributed by atoms with Gasteiger partial charge < -0.3 is 5.32 Å². The second kappa shape index (κ2) is 7.13. The van der Waals surface area contributed by atoms with Crippen LogP contribution in [-0.2, 0) is 16.1 Å². The van der Waals surface area contributed by atoms with Gasteiger partial charge in [0.2, 0.25) is 0 Å². The summed E-state index contributed by atoms with van der Waals surface area (Å²) in [6.07, 6.45) is 0. The van der Waals surface area contributed by atoms with E-state index in [2.05, 4.69) is 27.9 Å². The maximum absolute atomic E-state index is 12.5. The molecule has 0 aliphatic carbocycles. The van der Waals surface area contributed by atoms with Crippen molar-refractivity contribution in [2.45, 2.75) is 6.54 Å². The summed E-state index contributed by atoms with van der Waals surface area (Å²) in [7, 11) is 0. The zero-order chi connectivity index (χ0) is 17.3. The van der Waals surface area contributed by atoms with Crippen molar-refractivity contribution in [1.29, 1.82) is 0 Å². The Labute approximate surface area is 162 Å². The first kappa shape index (κ1) is 17.3. The van der Waals surface area contributed by atoms with Crippen LogP contribution in [0.15, 0.2) is 59.3 Å². The number of rotatable bonds is 4. The number of carbonyl (C=O) groups is 2. The molecule has 0 aromatic heterocycles. The molecular formula is C17H11Cl2IN2O2. The zero-order valence-corrected chi connectivity index (χ0v) is 15.9. The fraction of sp³-hybridized carbons (Fsp3) is 0.0588. The number of imide groups is 1. The Hall–Kier alpha value is -1.57. The van der Waals surface area contributed by atoms with E-state index in [9.17, 15) is 9.59 Å². The Morgan fingerprint density at radius 2 is 1.54 bits per heavy atom. The predicted octanol–water partition coefficient (Wildman–Crippen LogP) is 4.38. The number of hydrogen-bond donors (Lipinski definition) is 1. The summed E-state index contributed by atoms with van der Waals surface area (Å²) in [5.74, 6) is -0.955. The summed E-state index contributed by atoms with van der Waals surface area (Å²) in [4.78, 5) is 25.9. The first-order chi connectivity index (χ1) is 11.5. The molecule has 7 heteroatoms. The SMILES string of the molecule is O=C1C(Cl)=C(Nc2ccc(I)cc2)C(=O)N1Cc1ccc(Cl)cc1. The number of nitrogens with zero attached hydrogens (tertiary/aromatic N) is 1. The lowest BCUT2D eigenvalue weighted by molar-refractivity contribution is -0.138. The average Bonchev–Trinajstić information content (AvgIpc) is 2.76. The Kier molecular flexibility index (Phi) is 5.12. The van der Waals surface area contributed by atoms with E-state index in [1.165, 1.54) is 0 Å². The molecule has 2 aromatic carbocycles. The highest BCUT2D eigenvalue weighted by atomic mass is 127. The molecule has 1 aliphatic heterocycles. The van der Waals surface area contributed by atoms with Crippen molar-refractivity contribution in [1.82, 2.24) is 4.90 Å². The molecule has 1 N–H and O–H groups in total. The van der Waals surface area contributed by atoms with Crippen LogP contribution in [0.1, 0.15) is 5.56 Å². The van der Waals surface area contributed by atoms with Gasteiger partial charge in [0.1, 0.15) is 10.7 Å². The monoisotopic (exact) mass is 472 g/mol. The lowest BCUT2D eigenvalue weighted by atomic mass is 10.2. The Bertz CT molecular complexity index is 833. The molecule has 0 saturated carbocycles. The summed E-state index contributed by atoms with van der Waals surface area (Å²) >= 11 is 14.1. The lowest BCUT2D eigenvalue weighted by Gasteiger charge is -2.15. The topological polar surface area (TPSA) is 49.4 Å². The highest BCUT2D eigenvalue weighted by Crippen LogP contribution is 2.27. The summed E-state index contributed by atoms with van der Waals surface area (Å²) in [6, 6.07) is 14.4. The number of hydrogen-bond acceptors (Lipinski definition) is 3. The molecule has 0 fully saturated rings. The molecule has 2 aromatic rings. The van der Waals surface area contributed by atoms with Crippen LogP contribution >= 0.6 is 45.8 Å². The van der Waals surface area contributed by atoms with Crippen molar-refractivity contribution in [3.63, 3.8) is 0 Å². The van der Waals surface area contributed by atoms with Crippen LogP contribution in [0.5, 0.6) is 0 Å². The molecule has 0 saturated heterocycles. The van der Waals surface area contributed by atoms with E-state index in [1.54, 1.807) is 24.3 Å². The number of nitrogens with one attached hydrogen (secondary N) is 1. The van der Waals surface area contributed by atoms with E-state index in [1.807, 2.05) is 24.3 Å². The van der Waals surface area contributed by atoms with Gasteiger partial charge in [-0.15, -0.1) is 0 Å². The highest BCUT2D eigenvalue weighted by molar-refractivity contribution is 14.1. The number of carbonyl (C=O) groups excluding carboxylic acids is 2. The van der Waals surface area contributed by atoms with E-state index in [0.717, 1.165) is 14.0 Å². The van der Waals surface area contributed by atoms with E-state index in [-0.39, 0.29) is 17.3 Å². The molecule has 2 amide bonds. The minimum atomic E-state index is -0.510. The summed E-state index contributed by atoms with van der Waals surface area (Å²) in [5, 5.41) is 3.42. The lowest BCUT2D eigenvalue weighted by Crippen LogP contribution is -2.31. The van der Waals surface area contributed by atoms with Gasteiger partial charge in [0.05, 0.1) is 6.54 Å². The standard InChI is InChI=1S/C17H11Cl2IN2O2/c18-11-3-1-10(2-4-11)9-22-16(23)14(19)15(17(22)24)21-13-7-5-12(20)6-8-13/h1-8,21H,9H2. The van der Waals surface area contributed by atoms with Crippen LogP contribution in [0.2, 0.25) is 5.02 Å². The van der Waals surface area contributed by atoms with Gasteiger partial charge in [-0.3, -0.25) is 14.5 Å². The van der Waals surface area contributed by atoms with Crippen molar-refractivity contribution < 1.29 is 9.59 Å². The van der Waals surface area contributed by atoms with Gasteiger partial charge in [0, 0.05) is 14.3 Å². The molecule has 3 rings (SSSR count). The predicted molar refractivity (Wildman–Crippen MR) is 103 cm³/mol. The zero-order valence-electron chi connectivity index (χ0n) is 12.2. The van der Waals surface area contributed by atoms with Gasteiger partial charge in [0.25, 0.3) is 11.8 Å². The van der Waals surface area contributed by atoms with Crippen molar-refractivity contribution in [3.05, 3.63) is 73.4 Å². The number of halogens is 3. The number of anilines is 1. The summed E-state index contributed by atoms with van der Waals surface area (Å²) in [5.41, 5.74) is 1.58. The third kappa shape index (κ3) is 3.58. The number of amides is 2. The molecule has 1 aliphatic rings. The molecule has 0 bridgehead atoms. The van der Waals surface area contributed by atoms with Crippen molar-refractivity contribution in [2.24, 2.45) is 0 Å². The smallest absolute Gasteiger partial charge is 0.279 e. The van der Waals surface area contributed by atoms with E-state index in [0.29, 0.717) is 10.7 Å². The second-order valence-corrected chi connectivity index (χ2v) is 7.20. The Balaban J connectivity index is 1.79. The van der Waals surface area contributed by atoms with Crippen LogP contribution in [0, 0.1) is 3.57 Å². The minimum Gasteiger partial charge on any atom is -0.350 e. The van der Waals surface area contributed by atoms with Crippen LogP contribution in [0.4, 0.5) is 5.69 Å². The quantitative estimate of drug-likeness (QED) is 0.530. The first-order valence-corrected chi connectivity index (χ1v) is 8.82. The molecule has 0 unspecified atom stereocenters. The van der Waals surface area contributed by atoms with Gasteiger partial charge in [-0.1, -0.05) is 35.3 Å². The molecule has 1 heterocycles. The maximum Gasteiger partial charge on any atom is 0.279 e. The normalized spacial score (nSPS) is 14.5. The molecule has 0 radical (unpaired) electrons. The summed E-state index contributed by atoms with van der Waals surface area (Å²) in [6.45, 7) is 0.142. The third-order valence-electron chi connectivity index (χ3n) is 3.48. The molecule has 122 valence electrons. The van der Waals surface area contributed by atoms with Gasteiger partial charge in [-0.25, -0.2) is 0 Å². The van der Waals surface area contributed by atoms with Crippen LogP contribution in [-0.4, -0.2) is 16.7 Å². The van der Waals surface area contributed by atoms with Crippen molar-refractivity contribution in [2.75, 3.05) is 5.32 Å². The van der Waals surface area contributed by atoms with E-state index < -0.39 is 11.8 Å². The largest absolute Gasteiger partial charge is 0.350 e. The van der Waals surface area contributed by atoms with E-state index in [4.69, 9.17) is 23.2 Å². The Morgan fingerprint density at radius 1 is 0.917 bits per heavy atom. The minimum absolute atomic E-state index is 0.0943. The molecular weight excluding hydrogens is 462 g/mol. The first-order valence-electron chi connectivity index (χ1n) is 6.98. The fourth-order valence-corrected chi connectivity index (χ4v) is 2.96. The summed E-state index contributed by atoms with van der Waals surface area (Å²) < 4.78 is 1.07. The molecule has 24 heavy (non-hydrogen) atoms. The fourth-order valence-electron chi connectivity index (χ4n) is 2.25. The van der Waals surface area contributed by atoms with Crippen molar-refractivity contribution in [3.8, 4) is 0 Å². The molecule has 4 nitrogen and oxygen atoms in total. The van der Waals surface area contributed by atoms with Gasteiger partial charge in [-0.2, -0.15) is 0 Å². The van der Waals surface area contributed by atoms with Crippen LogP contribution in [0.3, 0.4) is 0 Å². The third-order valence-corrected chi connectivity index (χ3v) is 4.80. The maximum atomic E-state index is 12.5. The highest BCUT2D eigenvalue weighted by Gasteiger charge is 2.37. The van der Waals surface area contributed by atoms with Gasteiger partial charge in [0.15, 0.2) is 0 Å². The average molecular weight is 473 g/mol. The van der Waals surface area contributed by atoms with Crippen LogP contribution in [0.25, 0.3) is 0 Å². The second-order valence-electron chi connectivity index (χ2n) is 5.14. The van der Waals surface area contributed by atoms with Crippen molar-refractivity contribution >= 4 is 63.3 Å². The van der Waals surface area contributed by atoms with Crippen LogP contribution < -0.4 is 5.32 Å². The van der Waals surface area contributed by atoms with Gasteiger partial charge >= 0.3 is 0 Å². The number of benzene rings is 2. The molecule has 0 spiro atoms. The van der Waals surface area contributed by atoms with Gasteiger partial charge in [-0.05, 0) is 64.6 Å².